The molecule has 1 amide bonds. The Morgan fingerprint density at radius 2 is 1.24 bits per heavy atom. The molecule has 0 aromatic heterocycles. The van der Waals surface area contributed by atoms with E-state index >= 15 is 0 Å². The maximum absolute atomic E-state index is 14.0. The zero-order valence-electron chi connectivity index (χ0n) is 16.3. The zero-order valence-corrected chi connectivity index (χ0v) is 16.3. The van der Waals surface area contributed by atoms with Gasteiger partial charge in [0.15, 0.2) is 0 Å². The molecule has 0 bridgehead atoms. The van der Waals surface area contributed by atoms with Crippen molar-refractivity contribution >= 4 is 5.91 Å². The molecule has 1 aliphatic heterocycles. The standard InChI is InChI=1S/C18H16F12N2O/c19-12(20)14(21,22)16(25,26)18(29,30)17(27,28)15(23,24)13(33)32-8-6-31(7-9-32)10-11-4-2-1-3-5-11/h1-5,12H,6-10H2. The predicted octanol–water partition coefficient (Wildman–Crippen LogP) is 4.77. The van der Waals surface area contributed by atoms with Crippen molar-refractivity contribution in [3.63, 3.8) is 0 Å². The fraction of sp³-hybridized carbons (Fsp3) is 0.611. The quantitative estimate of drug-likeness (QED) is 0.477. The van der Waals surface area contributed by atoms with Crippen molar-refractivity contribution in [2.45, 2.75) is 42.6 Å². The number of carbonyl (C=O) groups excluding carboxylic acids is 1. The minimum Gasteiger partial charge on any atom is -0.335 e. The molecule has 0 aliphatic carbocycles. The molecule has 0 atom stereocenters. The normalized spacial score (nSPS) is 17.5. The summed E-state index contributed by atoms with van der Waals surface area (Å²) in [6.07, 6.45) is -5.59. The van der Waals surface area contributed by atoms with Gasteiger partial charge in [-0.25, -0.2) is 8.78 Å². The molecule has 1 aliphatic rings. The van der Waals surface area contributed by atoms with Crippen LogP contribution in [0.1, 0.15) is 5.56 Å². The smallest absolute Gasteiger partial charge is 0.335 e. The van der Waals surface area contributed by atoms with Gasteiger partial charge in [0.2, 0.25) is 0 Å². The first-order valence-corrected chi connectivity index (χ1v) is 9.14. The van der Waals surface area contributed by atoms with Crippen molar-refractivity contribution in [3.05, 3.63) is 35.9 Å². The van der Waals surface area contributed by atoms with E-state index in [0.717, 1.165) is 5.56 Å². The third kappa shape index (κ3) is 4.47. The van der Waals surface area contributed by atoms with Crippen LogP contribution >= 0.6 is 0 Å². The molecular formula is C18H16F12N2O. The molecule has 1 fully saturated rings. The molecular weight excluding hydrogens is 488 g/mol. The van der Waals surface area contributed by atoms with Crippen LogP contribution in [0.5, 0.6) is 0 Å². The summed E-state index contributed by atoms with van der Waals surface area (Å²) in [5.74, 6) is -39.5. The van der Waals surface area contributed by atoms with Crippen LogP contribution in [-0.4, -0.2) is 77.9 Å². The van der Waals surface area contributed by atoms with E-state index in [1.165, 1.54) is 0 Å². The van der Waals surface area contributed by atoms with Crippen LogP contribution in [0.4, 0.5) is 52.7 Å². The van der Waals surface area contributed by atoms with Crippen LogP contribution in [0, 0.1) is 0 Å². The lowest BCUT2D eigenvalue weighted by atomic mass is 9.93. The second kappa shape index (κ2) is 8.87. The van der Waals surface area contributed by atoms with Crippen molar-refractivity contribution in [1.29, 1.82) is 0 Å². The van der Waals surface area contributed by atoms with E-state index in [4.69, 9.17) is 0 Å². The molecule has 1 saturated heterocycles. The van der Waals surface area contributed by atoms with Crippen LogP contribution in [-0.2, 0) is 11.3 Å². The maximum Gasteiger partial charge on any atom is 0.392 e. The van der Waals surface area contributed by atoms with Crippen molar-refractivity contribution in [2.75, 3.05) is 26.2 Å². The molecule has 0 saturated carbocycles. The van der Waals surface area contributed by atoms with E-state index in [9.17, 15) is 57.5 Å². The minimum atomic E-state index is -7.71. The summed E-state index contributed by atoms with van der Waals surface area (Å²) in [6, 6.07) is 8.47. The van der Waals surface area contributed by atoms with Crippen molar-refractivity contribution < 1.29 is 57.5 Å². The number of benzene rings is 1. The highest BCUT2D eigenvalue weighted by molar-refractivity contribution is 5.85. The van der Waals surface area contributed by atoms with Gasteiger partial charge in [-0.2, -0.15) is 43.9 Å². The number of amides is 1. The van der Waals surface area contributed by atoms with Gasteiger partial charge in [0.05, 0.1) is 0 Å². The Labute approximate surface area is 178 Å². The average molecular weight is 504 g/mol. The van der Waals surface area contributed by atoms with Gasteiger partial charge in [0.1, 0.15) is 0 Å². The van der Waals surface area contributed by atoms with E-state index < -0.39 is 55.0 Å². The highest BCUT2D eigenvalue weighted by atomic mass is 19.4. The van der Waals surface area contributed by atoms with Crippen LogP contribution in [0.25, 0.3) is 0 Å². The van der Waals surface area contributed by atoms with E-state index in [0.29, 0.717) is 0 Å². The molecule has 1 aromatic rings. The Bertz CT molecular complexity index is 823. The highest BCUT2D eigenvalue weighted by Crippen LogP contribution is 2.58. The van der Waals surface area contributed by atoms with Gasteiger partial charge in [0, 0.05) is 32.7 Å². The van der Waals surface area contributed by atoms with Crippen molar-refractivity contribution in [3.8, 4) is 0 Å². The lowest BCUT2D eigenvalue weighted by Gasteiger charge is -2.41. The Kier molecular flexibility index (Phi) is 7.27. The van der Waals surface area contributed by atoms with E-state index in [2.05, 4.69) is 0 Å². The molecule has 188 valence electrons. The summed E-state index contributed by atoms with van der Waals surface area (Å²) < 4.78 is 159. The minimum absolute atomic E-state index is 0.0190. The first-order chi connectivity index (χ1) is 14.9. The highest BCUT2D eigenvalue weighted by Gasteiger charge is 2.89. The van der Waals surface area contributed by atoms with Gasteiger partial charge >= 0.3 is 36.0 Å². The maximum atomic E-state index is 14.0. The summed E-state index contributed by atoms with van der Waals surface area (Å²) >= 11 is 0. The first-order valence-electron chi connectivity index (χ1n) is 9.14. The lowest BCUT2D eigenvalue weighted by molar-refractivity contribution is -0.407. The number of rotatable bonds is 8. The monoisotopic (exact) mass is 504 g/mol. The summed E-state index contributed by atoms with van der Waals surface area (Å²) in [7, 11) is 0. The SMILES string of the molecule is O=C(N1CCN(Cc2ccccc2)CC1)C(F)(F)C(F)(F)C(F)(F)C(F)(F)C(F)(F)C(F)F. The van der Waals surface area contributed by atoms with E-state index in [-0.39, 0.29) is 24.5 Å². The molecule has 33 heavy (non-hydrogen) atoms. The van der Waals surface area contributed by atoms with Crippen LogP contribution in [0.3, 0.4) is 0 Å². The number of piperazine rings is 1. The van der Waals surface area contributed by atoms with E-state index in [1.54, 1.807) is 35.2 Å². The van der Waals surface area contributed by atoms with Crippen LogP contribution in [0.2, 0.25) is 0 Å². The van der Waals surface area contributed by atoms with Gasteiger partial charge in [0.25, 0.3) is 5.91 Å². The van der Waals surface area contributed by atoms with Crippen molar-refractivity contribution in [2.24, 2.45) is 0 Å². The fourth-order valence-electron chi connectivity index (χ4n) is 3.02. The Morgan fingerprint density at radius 3 is 1.70 bits per heavy atom. The molecule has 0 spiro atoms. The summed E-state index contributed by atoms with van der Waals surface area (Å²) in [4.78, 5) is 13.4. The van der Waals surface area contributed by atoms with Gasteiger partial charge in [-0.1, -0.05) is 30.3 Å². The number of nitrogens with zero attached hydrogens (tertiary/aromatic N) is 2. The zero-order chi connectivity index (χ0) is 25.5. The largest absolute Gasteiger partial charge is 0.392 e. The van der Waals surface area contributed by atoms with Gasteiger partial charge in [-0.15, -0.1) is 0 Å². The molecule has 15 heteroatoms. The molecule has 2 rings (SSSR count). The van der Waals surface area contributed by atoms with Gasteiger partial charge in [-0.05, 0) is 5.56 Å². The lowest BCUT2D eigenvalue weighted by Crippen LogP contribution is -2.71. The number of alkyl halides is 12. The summed E-state index contributed by atoms with van der Waals surface area (Å²) in [5, 5.41) is 0. The number of halogens is 12. The second-order valence-electron chi connectivity index (χ2n) is 7.28. The molecule has 1 aromatic carbocycles. The predicted molar refractivity (Wildman–Crippen MR) is 89.0 cm³/mol. The third-order valence-corrected chi connectivity index (χ3v) is 5.05. The summed E-state index contributed by atoms with van der Waals surface area (Å²) in [5.41, 5.74) is 0.760. The topological polar surface area (TPSA) is 23.6 Å². The van der Waals surface area contributed by atoms with Crippen LogP contribution in [0.15, 0.2) is 30.3 Å². The first kappa shape index (κ1) is 27.1. The Hall–Kier alpha value is -2.19. The second-order valence-corrected chi connectivity index (χ2v) is 7.28. The Balaban J connectivity index is 2.19. The van der Waals surface area contributed by atoms with Crippen molar-refractivity contribution in [1.82, 2.24) is 9.80 Å². The number of carbonyl (C=O) groups is 1. The Morgan fingerprint density at radius 1 is 0.758 bits per heavy atom. The van der Waals surface area contributed by atoms with Gasteiger partial charge in [-0.3, -0.25) is 9.69 Å². The molecule has 0 radical (unpaired) electrons. The number of hydrogen-bond acceptors (Lipinski definition) is 2. The molecule has 3 nitrogen and oxygen atoms in total. The molecule has 0 unspecified atom stereocenters. The fourth-order valence-corrected chi connectivity index (χ4v) is 3.02. The number of hydrogen-bond donors (Lipinski definition) is 0. The van der Waals surface area contributed by atoms with Gasteiger partial charge < -0.3 is 4.90 Å². The van der Waals surface area contributed by atoms with E-state index in [1.807, 2.05) is 0 Å². The third-order valence-electron chi connectivity index (χ3n) is 5.05. The van der Waals surface area contributed by atoms with Crippen LogP contribution < -0.4 is 0 Å². The summed E-state index contributed by atoms with van der Waals surface area (Å²) in [6.45, 7) is -1.54. The average Bonchev–Trinajstić information content (AvgIpc) is 2.73. The molecule has 0 N–H and O–H groups in total. The molecule has 1 heterocycles.